The predicted octanol–water partition coefficient (Wildman–Crippen LogP) is 2.36. The van der Waals surface area contributed by atoms with E-state index in [1.807, 2.05) is 12.1 Å². The van der Waals surface area contributed by atoms with Gasteiger partial charge in [-0.25, -0.2) is 9.97 Å². The van der Waals surface area contributed by atoms with E-state index in [4.69, 9.17) is 0 Å². The van der Waals surface area contributed by atoms with Gasteiger partial charge in [-0.2, -0.15) is 0 Å². The summed E-state index contributed by atoms with van der Waals surface area (Å²) < 4.78 is 0. The number of hydrogen-bond acceptors (Lipinski definition) is 5. The molecule has 0 radical (unpaired) electrons. The Labute approximate surface area is 130 Å². The van der Waals surface area contributed by atoms with Crippen molar-refractivity contribution < 1.29 is 4.79 Å². The van der Waals surface area contributed by atoms with Crippen LogP contribution in [-0.4, -0.2) is 39.4 Å². The van der Waals surface area contributed by atoms with Crippen LogP contribution in [0.5, 0.6) is 0 Å². The number of carbonyl (C=O) groups is 1. The van der Waals surface area contributed by atoms with Crippen molar-refractivity contribution in [1.82, 2.24) is 19.9 Å². The first-order valence-electron chi connectivity index (χ1n) is 7.42. The fourth-order valence-corrected chi connectivity index (χ4v) is 1.94. The Balaban J connectivity index is 1.98. The van der Waals surface area contributed by atoms with Gasteiger partial charge in [0.1, 0.15) is 5.69 Å². The summed E-state index contributed by atoms with van der Waals surface area (Å²) in [6.45, 7) is 3.43. The van der Waals surface area contributed by atoms with E-state index < -0.39 is 0 Å². The predicted molar refractivity (Wildman–Crippen MR) is 85.5 cm³/mol. The Morgan fingerprint density at radius 3 is 2.73 bits per heavy atom. The number of anilines is 1. The molecule has 0 atom stereocenters. The van der Waals surface area contributed by atoms with Crippen molar-refractivity contribution in [2.24, 2.45) is 0 Å². The molecule has 0 saturated heterocycles. The fourth-order valence-electron chi connectivity index (χ4n) is 1.94. The minimum Gasteiger partial charge on any atom is -0.350 e. The summed E-state index contributed by atoms with van der Waals surface area (Å²) >= 11 is 0. The molecule has 0 bridgehead atoms. The highest BCUT2D eigenvalue weighted by atomic mass is 16.2. The third-order valence-electron chi connectivity index (χ3n) is 3.27. The summed E-state index contributed by atoms with van der Waals surface area (Å²) in [6.07, 6.45) is 7.12. The van der Waals surface area contributed by atoms with Gasteiger partial charge in [-0.05, 0) is 30.2 Å². The molecule has 0 fully saturated rings. The second kappa shape index (κ2) is 8.07. The topological polar surface area (TPSA) is 71.0 Å². The molecular weight excluding hydrogens is 278 g/mol. The van der Waals surface area contributed by atoms with Gasteiger partial charge in [0, 0.05) is 38.7 Å². The van der Waals surface area contributed by atoms with E-state index in [9.17, 15) is 4.79 Å². The van der Waals surface area contributed by atoms with Gasteiger partial charge in [0.25, 0.3) is 5.91 Å². The van der Waals surface area contributed by atoms with Gasteiger partial charge in [-0.15, -0.1) is 0 Å². The van der Waals surface area contributed by atoms with E-state index in [0.29, 0.717) is 18.2 Å². The Morgan fingerprint density at radius 2 is 2.00 bits per heavy atom. The summed E-state index contributed by atoms with van der Waals surface area (Å²) in [5.41, 5.74) is 1.49. The molecule has 1 N–H and O–H groups in total. The van der Waals surface area contributed by atoms with E-state index in [-0.39, 0.29) is 5.91 Å². The molecule has 0 aliphatic heterocycles. The highest BCUT2D eigenvalue weighted by Crippen LogP contribution is 2.06. The Kier molecular flexibility index (Phi) is 5.82. The van der Waals surface area contributed by atoms with Crippen LogP contribution in [-0.2, 0) is 6.54 Å². The molecule has 0 aromatic carbocycles. The zero-order valence-electron chi connectivity index (χ0n) is 13.0. The van der Waals surface area contributed by atoms with E-state index in [2.05, 4.69) is 27.2 Å². The maximum absolute atomic E-state index is 12.3. The molecule has 0 saturated carbocycles. The summed E-state index contributed by atoms with van der Waals surface area (Å²) in [5, 5.41) is 3.12. The normalized spacial score (nSPS) is 10.3. The lowest BCUT2D eigenvalue weighted by atomic mass is 10.3. The number of amides is 1. The van der Waals surface area contributed by atoms with Crippen LogP contribution < -0.4 is 5.32 Å². The number of hydrogen-bond donors (Lipinski definition) is 1. The summed E-state index contributed by atoms with van der Waals surface area (Å²) in [7, 11) is 1.80. The van der Waals surface area contributed by atoms with E-state index in [1.165, 1.54) is 0 Å². The number of unbranched alkanes of at least 4 members (excludes halogenated alkanes) is 1. The first kappa shape index (κ1) is 15.9. The van der Waals surface area contributed by atoms with Gasteiger partial charge in [0.2, 0.25) is 5.95 Å². The summed E-state index contributed by atoms with van der Waals surface area (Å²) in [4.78, 5) is 26.4. The quantitative estimate of drug-likeness (QED) is 0.849. The summed E-state index contributed by atoms with van der Waals surface area (Å²) in [6, 6.07) is 5.48. The second-order valence-electron chi connectivity index (χ2n) is 5.05. The average Bonchev–Trinajstić information content (AvgIpc) is 2.58. The molecule has 2 rings (SSSR count). The molecule has 0 aliphatic carbocycles. The largest absolute Gasteiger partial charge is 0.350 e. The smallest absolute Gasteiger partial charge is 0.272 e. The van der Waals surface area contributed by atoms with Gasteiger partial charge in [-0.1, -0.05) is 13.3 Å². The van der Waals surface area contributed by atoms with E-state index in [0.717, 1.165) is 24.9 Å². The van der Waals surface area contributed by atoms with Crippen molar-refractivity contribution in [3.8, 4) is 0 Å². The molecule has 0 unspecified atom stereocenters. The number of rotatable bonds is 7. The second-order valence-corrected chi connectivity index (χ2v) is 5.05. The lowest BCUT2D eigenvalue weighted by Gasteiger charge is -2.16. The van der Waals surface area contributed by atoms with Crippen LogP contribution in [0.3, 0.4) is 0 Å². The third kappa shape index (κ3) is 4.51. The Bertz CT molecular complexity index is 602. The molecule has 2 heterocycles. The maximum atomic E-state index is 12.3. The SMILES string of the molecule is CCCCN(C)C(=O)c1ccnc(NCc2ccncc2)n1. The number of nitrogens with zero attached hydrogens (tertiary/aromatic N) is 4. The molecule has 6 nitrogen and oxygen atoms in total. The van der Waals surface area contributed by atoms with Crippen LogP contribution in [0.25, 0.3) is 0 Å². The number of pyridine rings is 1. The van der Waals surface area contributed by atoms with E-state index in [1.54, 1.807) is 36.6 Å². The standard InChI is InChI=1S/C16H21N5O/c1-3-4-11-21(2)15(22)14-7-10-18-16(20-14)19-12-13-5-8-17-9-6-13/h5-10H,3-4,11-12H2,1-2H3,(H,18,19,20). The molecule has 0 aliphatic rings. The summed E-state index contributed by atoms with van der Waals surface area (Å²) in [5.74, 6) is 0.370. The number of nitrogens with one attached hydrogen (secondary N) is 1. The van der Waals surface area contributed by atoms with Crippen LogP contribution in [0.15, 0.2) is 36.8 Å². The van der Waals surface area contributed by atoms with Crippen molar-refractivity contribution in [3.63, 3.8) is 0 Å². The van der Waals surface area contributed by atoms with Crippen LogP contribution in [0.1, 0.15) is 35.8 Å². The molecule has 0 spiro atoms. The maximum Gasteiger partial charge on any atom is 0.272 e. The molecular formula is C16H21N5O. The number of carbonyl (C=O) groups excluding carboxylic acids is 1. The molecule has 116 valence electrons. The van der Waals surface area contributed by atoms with Crippen LogP contribution in [0.4, 0.5) is 5.95 Å². The lowest BCUT2D eigenvalue weighted by molar-refractivity contribution is 0.0787. The minimum absolute atomic E-state index is 0.0807. The minimum atomic E-state index is -0.0807. The van der Waals surface area contributed by atoms with E-state index >= 15 is 0 Å². The highest BCUT2D eigenvalue weighted by Gasteiger charge is 2.13. The van der Waals surface area contributed by atoms with Crippen LogP contribution in [0.2, 0.25) is 0 Å². The van der Waals surface area contributed by atoms with Crippen molar-refractivity contribution >= 4 is 11.9 Å². The molecule has 6 heteroatoms. The fraction of sp³-hybridized carbons (Fsp3) is 0.375. The first-order valence-corrected chi connectivity index (χ1v) is 7.42. The van der Waals surface area contributed by atoms with Gasteiger partial charge in [0.15, 0.2) is 0 Å². The third-order valence-corrected chi connectivity index (χ3v) is 3.27. The lowest BCUT2D eigenvalue weighted by Crippen LogP contribution is -2.28. The molecule has 2 aromatic heterocycles. The van der Waals surface area contributed by atoms with Gasteiger partial charge in [0.05, 0.1) is 0 Å². The highest BCUT2D eigenvalue weighted by molar-refractivity contribution is 5.92. The zero-order chi connectivity index (χ0) is 15.8. The first-order chi connectivity index (χ1) is 10.7. The van der Waals surface area contributed by atoms with Crippen LogP contribution >= 0.6 is 0 Å². The average molecular weight is 299 g/mol. The van der Waals surface area contributed by atoms with Crippen LogP contribution in [0, 0.1) is 0 Å². The van der Waals surface area contributed by atoms with Gasteiger partial charge >= 0.3 is 0 Å². The molecule has 2 aromatic rings. The number of aromatic nitrogens is 3. The van der Waals surface area contributed by atoms with Gasteiger partial charge < -0.3 is 10.2 Å². The zero-order valence-corrected chi connectivity index (χ0v) is 13.0. The Hall–Kier alpha value is -2.50. The van der Waals surface area contributed by atoms with Crippen molar-refractivity contribution in [1.29, 1.82) is 0 Å². The Morgan fingerprint density at radius 1 is 1.23 bits per heavy atom. The van der Waals surface area contributed by atoms with Gasteiger partial charge in [-0.3, -0.25) is 9.78 Å². The van der Waals surface area contributed by atoms with Crippen molar-refractivity contribution in [3.05, 3.63) is 48.0 Å². The van der Waals surface area contributed by atoms with Crippen molar-refractivity contribution in [2.75, 3.05) is 18.9 Å². The monoisotopic (exact) mass is 299 g/mol. The van der Waals surface area contributed by atoms with Crippen molar-refractivity contribution in [2.45, 2.75) is 26.3 Å². The molecule has 1 amide bonds. The molecule has 22 heavy (non-hydrogen) atoms.